The van der Waals surface area contributed by atoms with Crippen LogP contribution in [0.15, 0.2) is 12.1 Å². The first-order valence-electron chi connectivity index (χ1n) is 7.63. The summed E-state index contributed by atoms with van der Waals surface area (Å²) in [6, 6.07) is 2.43. The minimum atomic E-state index is -1.04. The zero-order chi connectivity index (χ0) is 18.3. The summed E-state index contributed by atoms with van der Waals surface area (Å²) in [5.74, 6) is 0.0625. The van der Waals surface area contributed by atoms with Crippen molar-refractivity contribution in [3.63, 3.8) is 0 Å². The molecule has 0 radical (unpaired) electrons. The lowest BCUT2D eigenvalue weighted by Crippen LogP contribution is -2.42. The fourth-order valence-electron chi connectivity index (χ4n) is 2.36. The minimum Gasteiger partial charge on any atom is -0.493 e. The number of carboxylic acid groups (broad SMARTS) is 1. The van der Waals surface area contributed by atoms with Crippen LogP contribution in [0.25, 0.3) is 0 Å². The second-order valence-corrected chi connectivity index (χ2v) is 5.80. The van der Waals surface area contributed by atoms with E-state index < -0.39 is 12.0 Å². The van der Waals surface area contributed by atoms with Crippen molar-refractivity contribution in [2.75, 3.05) is 21.3 Å². The van der Waals surface area contributed by atoms with Crippen molar-refractivity contribution in [2.24, 2.45) is 5.92 Å². The molecule has 2 N–H and O–H groups in total. The summed E-state index contributed by atoms with van der Waals surface area (Å²) in [7, 11) is 4.48. The van der Waals surface area contributed by atoms with E-state index in [1.807, 2.05) is 13.8 Å². The van der Waals surface area contributed by atoms with Gasteiger partial charge < -0.3 is 24.6 Å². The Balaban J connectivity index is 2.91. The van der Waals surface area contributed by atoms with Gasteiger partial charge in [-0.1, -0.05) is 13.8 Å². The molecule has 0 spiro atoms. The number of benzene rings is 1. The molecule has 0 fully saturated rings. The molecule has 0 bridgehead atoms. The Labute approximate surface area is 141 Å². The molecule has 0 aromatic heterocycles. The number of carbonyl (C=O) groups is 2. The molecule has 1 aromatic carbocycles. The third-order valence-electron chi connectivity index (χ3n) is 3.43. The van der Waals surface area contributed by atoms with Gasteiger partial charge in [-0.3, -0.25) is 4.79 Å². The lowest BCUT2D eigenvalue weighted by atomic mass is 10.0. The summed E-state index contributed by atoms with van der Waals surface area (Å²) in [5.41, 5.74) is 0.635. The van der Waals surface area contributed by atoms with E-state index in [0.29, 0.717) is 29.2 Å². The predicted octanol–water partition coefficient (Wildman–Crippen LogP) is 1.87. The highest BCUT2D eigenvalue weighted by Crippen LogP contribution is 2.38. The number of hydrogen-bond donors (Lipinski definition) is 2. The molecule has 7 nitrogen and oxygen atoms in total. The van der Waals surface area contributed by atoms with Gasteiger partial charge in [-0.05, 0) is 30.0 Å². The Morgan fingerprint density at radius 2 is 1.62 bits per heavy atom. The van der Waals surface area contributed by atoms with E-state index in [-0.39, 0.29) is 18.2 Å². The maximum Gasteiger partial charge on any atom is 0.326 e. The Morgan fingerprint density at radius 1 is 1.08 bits per heavy atom. The Hall–Kier alpha value is -2.44. The number of carbonyl (C=O) groups excluding carboxylic acids is 1. The van der Waals surface area contributed by atoms with E-state index in [1.54, 1.807) is 12.1 Å². The van der Waals surface area contributed by atoms with Crippen LogP contribution in [0.4, 0.5) is 0 Å². The predicted molar refractivity (Wildman–Crippen MR) is 88.8 cm³/mol. The van der Waals surface area contributed by atoms with Crippen molar-refractivity contribution in [1.82, 2.24) is 5.32 Å². The van der Waals surface area contributed by atoms with E-state index >= 15 is 0 Å². The summed E-state index contributed by atoms with van der Waals surface area (Å²) < 4.78 is 15.7. The standard InChI is InChI=1S/C17H25NO6/c1-10(2)6-12(17(20)21)18-15(19)9-11-7-13(22-3)16(24-5)14(8-11)23-4/h7-8,10,12H,6,9H2,1-5H3,(H,18,19)(H,20,21)/t12-/m1/s1. The van der Waals surface area contributed by atoms with Gasteiger partial charge in [0.25, 0.3) is 0 Å². The van der Waals surface area contributed by atoms with Gasteiger partial charge in [0.1, 0.15) is 6.04 Å². The van der Waals surface area contributed by atoms with Crippen molar-refractivity contribution >= 4 is 11.9 Å². The second kappa shape index (κ2) is 9.00. The Bertz CT molecular complexity index is 559. The van der Waals surface area contributed by atoms with Crippen LogP contribution in [0.1, 0.15) is 25.8 Å². The lowest BCUT2D eigenvalue weighted by Gasteiger charge is -2.17. The molecule has 0 unspecified atom stereocenters. The van der Waals surface area contributed by atoms with Crippen molar-refractivity contribution in [2.45, 2.75) is 32.7 Å². The summed E-state index contributed by atoms with van der Waals surface area (Å²) in [5, 5.41) is 11.7. The second-order valence-electron chi connectivity index (χ2n) is 5.80. The van der Waals surface area contributed by atoms with Crippen LogP contribution in [0, 0.1) is 5.92 Å². The molecule has 1 rings (SSSR count). The van der Waals surface area contributed by atoms with E-state index in [1.165, 1.54) is 21.3 Å². The van der Waals surface area contributed by atoms with Gasteiger partial charge in [0.2, 0.25) is 11.7 Å². The van der Waals surface area contributed by atoms with Crippen molar-refractivity contribution < 1.29 is 28.9 Å². The van der Waals surface area contributed by atoms with Crippen LogP contribution in [-0.2, 0) is 16.0 Å². The zero-order valence-corrected chi connectivity index (χ0v) is 14.7. The molecular weight excluding hydrogens is 314 g/mol. The maximum absolute atomic E-state index is 12.2. The first kappa shape index (κ1) is 19.6. The molecule has 0 saturated carbocycles. The Kier molecular flexibility index (Phi) is 7.35. The van der Waals surface area contributed by atoms with E-state index in [0.717, 1.165) is 0 Å². The highest BCUT2D eigenvalue weighted by atomic mass is 16.5. The van der Waals surface area contributed by atoms with Gasteiger partial charge in [0, 0.05) is 0 Å². The molecule has 0 heterocycles. The van der Waals surface area contributed by atoms with Crippen molar-refractivity contribution in [3.05, 3.63) is 17.7 Å². The molecular formula is C17H25NO6. The minimum absolute atomic E-state index is 0.0125. The lowest BCUT2D eigenvalue weighted by molar-refractivity contribution is -0.142. The van der Waals surface area contributed by atoms with Crippen LogP contribution < -0.4 is 19.5 Å². The van der Waals surface area contributed by atoms with Crippen LogP contribution in [0.5, 0.6) is 17.2 Å². The third-order valence-corrected chi connectivity index (χ3v) is 3.43. The zero-order valence-electron chi connectivity index (χ0n) is 14.7. The summed E-state index contributed by atoms with van der Waals surface area (Å²) in [4.78, 5) is 23.4. The molecule has 0 aliphatic rings. The quantitative estimate of drug-likeness (QED) is 0.713. The largest absolute Gasteiger partial charge is 0.493 e. The van der Waals surface area contributed by atoms with Gasteiger partial charge >= 0.3 is 5.97 Å². The van der Waals surface area contributed by atoms with E-state index in [2.05, 4.69) is 5.32 Å². The van der Waals surface area contributed by atoms with Gasteiger partial charge in [-0.25, -0.2) is 4.79 Å². The first-order valence-corrected chi connectivity index (χ1v) is 7.63. The van der Waals surface area contributed by atoms with Crippen LogP contribution >= 0.6 is 0 Å². The average Bonchev–Trinajstić information content (AvgIpc) is 2.52. The molecule has 0 aliphatic carbocycles. The molecule has 24 heavy (non-hydrogen) atoms. The third kappa shape index (κ3) is 5.33. The molecule has 1 atom stereocenters. The van der Waals surface area contributed by atoms with Crippen molar-refractivity contribution in [1.29, 1.82) is 0 Å². The fourth-order valence-corrected chi connectivity index (χ4v) is 2.36. The molecule has 1 aromatic rings. The normalized spacial score (nSPS) is 11.8. The van der Waals surface area contributed by atoms with Gasteiger partial charge in [-0.2, -0.15) is 0 Å². The number of amides is 1. The number of hydrogen-bond acceptors (Lipinski definition) is 5. The summed E-state index contributed by atoms with van der Waals surface area (Å²) in [6.45, 7) is 3.81. The van der Waals surface area contributed by atoms with Gasteiger partial charge in [0.05, 0.1) is 27.8 Å². The summed E-state index contributed by atoms with van der Waals surface area (Å²) in [6.07, 6.45) is 0.384. The first-order chi connectivity index (χ1) is 11.3. The topological polar surface area (TPSA) is 94.1 Å². The van der Waals surface area contributed by atoms with Crippen LogP contribution in [0.3, 0.4) is 0 Å². The SMILES string of the molecule is COc1cc(CC(=O)N[C@H](CC(C)C)C(=O)O)cc(OC)c1OC. The Morgan fingerprint density at radius 3 is 2.00 bits per heavy atom. The average molecular weight is 339 g/mol. The van der Waals surface area contributed by atoms with Crippen LogP contribution in [-0.4, -0.2) is 44.4 Å². The number of nitrogens with one attached hydrogen (secondary N) is 1. The van der Waals surface area contributed by atoms with E-state index in [4.69, 9.17) is 14.2 Å². The monoisotopic (exact) mass is 339 g/mol. The number of ether oxygens (including phenoxy) is 3. The molecule has 7 heteroatoms. The van der Waals surface area contributed by atoms with Crippen LogP contribution in [0.2, 0.25) is 0 Å². The molecule has 0 saturated heterocycles. The smallest absolute Gasteiger partial charge is 0.326 e. The van der Waals surface area contributed by atoms with Gasteiger partial charge in [0.15, 0.2) is 11.5 Å². The molecule has 134 valence electrons. The fraction of sp³-hybridized carbons (Fsp3) is 0.529. The number of methoxy groups -OCH3 is 3. The van der Waals surface area contributed by atoms with E-state index in [9.17, 15) is 14.7 Å². The molecule has 0 aliphatic heterocycles. The number of carboxylic acids is 1. The van der Waals surface area contributed by atoms with Crippen molar-refractivity contribution in [3.8, 4) is 17.2 Å². The molecule has 1 amide bonds. The van der Waals surface area contributed by atoms with Gasteiger partial charge in [-0.15, -0.1) is 0 Å². The highest BCUT2D eigenvalue weighted by Gasteiger charge is 2.22. The number of rotatable bonds is 9. The highest BCUT2D eigenvalue weighted by molar-refractivity contribution is 5.85. The maximum atomic E-state index is 12.2. The summed E-state index contributed by atoms with van der Waals surface area (Å²) >= 11 is 0. The number of aliphatic carboxylic acids is 1.